The van der Waals surface area contributed by atoms with Crippen molar-refractivity contribution in [2.45, 2.75) is 18.0 Å². The van der Waals surface area contributed by atoms with E-state index in [0.717, 1.165) is 27.1 Å². The largest absolute Gasteiger partial charge is 0.744 e. The predicted molar refractivity (Wildman–Crippen MR) is 110 cm³/mol. The molecule has 4 rings (SSSR count). The van der Waals surface area contributed by atoms with E-state index in [4.69, 9.17) is 11.1 Å². The molecule has 0 saturated heterocycles. The van der Waals surface area contributed by atoms with Gasteiger partial charge in [-0.15, -0.1) is 0 Å². The van der Waals surface area contributed by atoms with Gasteiger partial charge in [-0.3, -0.25) is 5.41 Å². The van der Waals surface area contributed by atoms with Crippen LogP contribution in [0.5, 0.6) is 0 Å². The highest BCUT2D eigenvalue weighted by Crippen LogP contribution is 2.43. The van der Waals surface area contributed by atoms with Crippen molar-refractivity contribution in [1.29, 1.82) is 0 Å². The fourth-order valence-electron chi connectivity index (χ4n) is 3.84. The minimum Gasteiger partial charge on any atom is -0.744 e. The summed E-state index contributed by atoms with van der Waals surface area (Å²) < 4.78 is 35.5. The monoisotopic (exact) mass is 414 g/mol. The van der Waals surface area contributed by atoms with Crippen LogP contribution in [0.3, 0.4) is 0 Å². The molecule has 0 bridgehead atoms. The Balaban J connectivity index is 2.15. The van der Waals surface area contributed by atoms with Gasteiger partial charge in [0, 0.05) is 28.8 Å². The molecule has 0 radical (unpaired) electrons. The molecule has 1 aliphatic carbocycles. The molecule has 2 heterocycles. The van der Waals surface area contributed by atoms with Crippen molar-refractivity contribution in [3.63, 3.8) is 0 Å². The molecule has 1 aliphatic heterocycles. The van der Waals surface area contributed by atoms with Crippen LogP contribution in [0.1, 0.15) is 11.1 Å². The van der Waals surface area contributed by atoms with E-state index < -0.39 is 18.2 Å². The van der Waals surface area contributed by atoms with Crippen molar-refractivity contribution in [2.24, 2.45) is 0 Å². The van der Waals surface area contributed by atoms with Gasteiger partial charge in [0.25, 0.3) is 0 Å². The molecule has 0 unspecified atom stereocenters. The summed E-state index contributed by atoms with van der Waals surface area (Å²) in [5, 5.41) is 11.4. The van der Waals surface area contributed by atoms with E-state index in [1.807, 2.05) is 36.4 Å². The van der Waals surface area contributed by atoms with Crippen LogP contribution in [0, 0.1) is 0 Å². The number of allylic oxidation sites excluding steroid dienone is 5. The minimum atomic E-state index is -4.59. The lowest BCUT2D eigenvalue weighted by atomic mass is 9.91. The molecular weight excluding hydrogens is 396 g/mol. The lowest BCUT2D eigenvalue weighted by Gasteiger charge is -2.37. The van der Waals surface area contributed by atoms with E-state index in [1.54, 1.807) is 5.38 Å². The second-order valence-electron chi connectivity index (χ2n) is 7.21. The van der Waals surface area contributed by atoms with Crippen LogP contribution in [0.2, 0.25) is 13.1 Å². The summed E-state index contributed by atoms with van der Waals surface area (Å²) in [6.07, 6.45) is 5.70. The van der Waals surface area contributed by atoms with E-state index >= 15 is 0 Å². The summed E-state index contributed by atoms with van der Waals surface area (Å²) in [6, 6.07) is 5.70. The Bertz CT molecular complexity index is 1200. The molecule has 0 spiro atoms. The van der Waals surface area contributed by atoms with Gasteiger partial charge in [-0.1, -0.05) is 19.2 Å². The van der Waals surface area contributed by atoms with E-state index in [-0.39, 0.29) is 4.90 Å². The Kier molecular flexibility index (Phi) is 3.94. The van der Waals surface area contributed by atoms with Crippen LogP contribution < -0.4 is 16.3 Å². The molecule has 1 aromatic carbocycles. The Morgan fingerprint density at radius 3 is 2.59 bits per heavy atom. The van der Waals surface area contributed by atoms with Crippen molar-refractivity contribution in [3.8, 4) is 0 Å². The zero-order chi connectivity index (χ0) is 19.6. The number of fused-ring (bicyclic) bond motifs is 2. The van der Waals surface area contributed by atoms with Crippen molar-refractivity contribution in [2.75, 3.05) is 5.73 Å². The van der Waals surface area contributed by atoms with E-state index in [1.165, 1.54) is 16.7 Å². The molecule has 1 aromatic heterocycles. The topological polar surface area (TPSA) is 109 Å². The van der Waals surface area contributed by atoms with E-state index in [2.05, 4.69) is 13.1 Å². The predicted octanol–water partition coefficient (Wildman–Crippen LogP) is 1.20. The van der Waals surface area contributed by atoms with E-state index in [0.29, 0.717) is 17.0 Å². The van der Waals surface area contributed by atoms with Gasteiger partial charge in [-0.2, -0.15) is 11.3 Å². The SMILES string of the molecule is C[Si]1(C)C2=CC(=[NH2+])C=CC2=C(c2cscc2S(=O)(=O)[O-])c2ccc(N)cc21. The summed E-state index contributed by atoms with van der Waals surface area (Å²) in [5.74, 6) is 0. The highest BCUT2D eigenvalue weighted by Gasteiger charge is 2.40. The van der Waals surface area contributed by atoms with Crippen LogP contribution in [0.15, 0.2) is 62.9 Å². The third-order valence-electron chi connectivity index (χ3n) is 5.14. The molecule has 2 aromatic rings. The molecule has 27 heavy (non-hydrogen) atoms. The smallest absolute Gasteiger partial charge is 0.196 e. The number of nitrogen functional groups attached to an aromatic ring is 1. The quantitative estimate of drug-likeness (QED) is 0.437. The zero-order valence-corrected chi connectivity index (χ0v) is 17.4. The first-order chi connectivity index (χ1) is 12.6. The summed E-state index contributed by atoms with van der Waals surface area (Å²) in [5.41, 5.74) is 10.4. The van der Waals surface area contributed by atoms with Crippen LogP contribution in [-0.4, -0.2) is 26.8 Å². The van der Waals surface area contributed by atoms with Gasteiger partial charge in [0.05, 0.1) is 4.90 Å². The number of rotatable bonds is 2. The summed E-state index contributed by atoms with van der Waals surface area (Å²) in [4.78, 5) is -0.186. The van der Waals surface area contributed by atoms with Gasteiger partial charge in [0.2, 0.25) is 0 Å². The number of benzene rings is 1. The maximum atomic E-state index is 11.8. The van der Waals surface area contributed by atoms with Gasteiger partial charge in [-0.05, 0) is 50.7 Å². The summed E-state index contributed by atoms with van der Waals surface area (Å²) >= 11 is 1.20. The number of hydrogen-bond acceptors (Lipinski definition) is 5. The highest BCUT2D eigenvalue weighted by molar-refractivity contribution is 7.86. The van der Waals surface area contributed by atoms with Crippen molar-refractivity contribution in [1.82, 2.24) is 0 Å². The average Bonchev–Trinajstić information content (AvgIpc) is 3.06. The number of hydrogen-bond donors (Lipinski definition) is 2. The molecule has 5 nitrogen and oxygen atoms in total. The first kappa shape index (κ1) is 18.1. The molecule has 0 amide bonds. The molecule has 4 N–H and O–H groups in total. The van der Waals surface area contributed by atoms with Crippen LogP contribution in [-0.2, 0) is 10.1 Å². The summed E-state index contributed by atoms with van der Waals surface area (Å²) in [6.45, 7) is 4.44. The molecule has 2 aliphatic rings. The molecule has 138 valence electrons. The lowest BCUT2D eigenvalue weighted by Crippen LogP contribution is -2.50. The minimum absolute atomic E-state index is 0.186. The Morgan fingerprint density at radius 1 is 1.15 bits per heavy atom. The fraction of sp³-hybridized carbons (Fsp3) is 0.105. The Labute approximate surface area is 162 Å². The first-order valence-corrected chi connectivity index (χ1v) is 13.7. The normalized spacial score (nSPS) is 18.2. The number of anilines is 1. The van der Waals surface area contributed by atoms with Gasteiger partial charge >= 0.3 is 0 Å². The zero-order valence-electron chi connectivity index (χ0n) is 14.8. The third kappa shape index (κ3) is 2.76. The van der Waals surface area contributed by atoms with Gasteiger partial charge < -0.3 is 10.3 Å². The van der Waals surface area contributed by atoms with Crippen molar-refractivity contribution < 1.29 is 18.4 Å². The average molecular weight is 415 g/mol. The van der Waals surface area contributed by atoms with Crippen LogP contribution in [0.4, 0.5) is 5.69 Å². The standard InChI is InChI=1S/C19H18N2O3S2Si/c1-27(2)17-7-11(20)3-5-13(17)19(14-6-4-12(21)8-18(14)27)15-9-25-10-16(15)26(22,23)24/h3-10,20H,21H2,1-2H3,(H,22,23,24). The first-order valence-electron chi connectivity index (χ1n) is 8.31. The molecular formula is C19H18N2O3S2Si. The van der Waals surface area contributed by atoms with Gasteiger partial charge in [0.15, 0.2) is 5.71 Å². The van der Waals surface area contributed by atoms with Crippen molar-refractivity contribution in [3.05, 3.63) is 69.1 Å². The number of nitrogens with two attached hydrogens (primary N) is 2. The number of thiophene rings is 1. The second kappa shape index (κ2) is 5.87. The Hall–Kier alpha value is -2.26. The molecule has 0 fully saturated rings. The van der Waals surface area contributed by atoms with Crippen LogP contribution in [0.25, 0.3) is 5.57 Å². The molecule has 0 saturated carbocycles. The van der Waals surface area contributed by atoms with Gasteiger partial charge in [0.1, 0.15) is 18.2 Å². The maximum absolute atomic E-state index is 11.8. The Morgan fingerprint density at radius 2 is 1.89 bits per heavy atom. The third-order valence-corrected chi connectivity index (χ3v) is 10.4. The molecule has 8 heteroatoms. The second-order valence-corrected chi connectivity index (χ2v) is 13.6. The summed E-state index contributed by atoms with van der Waals surface area (Å²) in [7, 11) is -6.71. The lowest BCUT2D eigenvalue weighted by molar-refractivity contribution is -0.110. The van der Waals surface area contributed by atoms with Crippen molar-refractivity contribution >= 4 is 51.7 Å². The van der Waals surface area contributed by atoms with Crippen LogP contribution >= 0.6 is 11.3 Å². The molecule has 0 atom stereocenters. The van der Waals surface area contributed by atoms with E-state index in [9.17, 15) is 13.0 Å². The fourth-order valence-corrected chi connectivity index (χ4v) is 8.79. The van der Waals surface area contributed by atoms with Gasteiger partial charge in [-0.25, -0.2) is 8.42 Å². The maximum Gasteiger partial charge on any atom is 0.196 e. The highest BCUT2D eigenvalue weighted by atomic mass is 32.2.